The maximum atomic E-state index is 6.19. The summed E-state index contributed by atoms with van der Waals surface area (Å²) in [6.07, 6.45) is 0. The molecule has 0 atom stereocenters. The van der Waals surface area contributed by atoms with Crippen molar-refractivity contribution in [1.82, 2.24) is 14.8 Å². The molecule has 0 aliphatic carbocycles. The zero-order valence-corrected chi connectivity index (χ0v) is 14.3. The van der Waals surface area contributed by atoms with E-state index in [4.69, 9.17) is 26.4 Å². The highest BCUT2D eigenvalue weighted by Crippen LogP contribution is 2.39. The molecule has 0 saturated heterocycles. The third-order valence-corrected chi connectivity index (χ3v) is 4.74. The van der Waals surface area contributed by atoms with Crippen LogP contribution in [0.3, 0.4) is 0 Å². The Kier molecular flexibility index (Phi) is 3.09. The number of hydrogen-bond acceptors (Lipinski definition) is 3. The maximum absolute atomic E-state index is 6.19. The van der Waals surface area contributed by atoms with E-state index in [1.54, 1.807) is 0 Å². The third-order valence-electron chi connectivity index (χ3n) is 4.50. The molecule has 0 spiro atoms. The fourth-order valence-electron chi connectivity index (χ4n) is 3.29. The fourth-order valence-corrected chi connectivity index (χ4v) is 3.46. The Morgan fingerprint density at radius 2 is 1.92 bits per heavy atom. The lowest BCUT2D eigenvalue weighted by Crippen LogP contribution is -2.08. The molecule has 3 heterocycles. The lowest BCUT2D eigenvalue weighted by Gasteiger charge is -2.20. The van der Waals surface area contributed by atoms with Crippen molar-refractivity contribution < 1.29 is 4.74 Å². The monoisotopic (exact) mass is 347 g/mol. The third kappa shape index (κ3) is 2.22. The number of para-hydroxylation sites is 1. The second-order valence-electron chi connectivity index (χ2n) is 6.13. The van der Waals surface area contributed by atoms with Crippen LogP contribution in [0.2, 0.25) is 5.02 Å². The first-order valence-corrected chi connectivity index (χ1v) is 8.46. The number of rotatable bonds is 1. The van der Waals surface area contributed by atoms with E-state index >= 15 is 0 Å². The summed E-state index contributed by atoms with van der Waals surface area (Å²) in [4.78, 5) is 4.96. The number of ether oxygens (including phenoxy) is 1. The molecule has 0 amide bonds. The summed E-state index contributed by atoms with van der Waals surface area (Å²) in [6.45, 7) is 2.51. The van der Waals surface area contributed by atoms with Gasteiger partial charge in [-0.05, 0) is 43.3 Å². The molecule has 2 aromatic carbocycles. The van der Waals surface area contributed by atoms with Gasteiger partial charge in [-0.3, -0.25) is 0 Å². The first-order valence-electron chi connectivity index (χ1n) is 8.08. The second kappa shape index (κ2) is 5.33. The lowest BCUT2D eigenvalue weighted by atomic mass is 10.0. The average molecular weight is 348 g/mol. The summed E-state index contributed by atoms with van der Waals surface area (Å²) in [6, 6.07) is 17.8. The Morgan fingerprint density at radius 3 is 2.76 bits per heavy atom. The highest BCUT2D eigenvalue weighted by molar-refractivity contribution is 6.31. The van der Waals surface area contributed by atoms with Gasteiger partial charge in [-0.1, -0.05) is 29.8 Å². The van der Waals surface area contributed by atoms with Crippen LogP contribution in [0.15, 0.2) is 54.6 Å². The van der Waals surface area contributed by atoms with Crippen molar-refractivity contribution >= 4 is 22.6 Å². The Bertz CT molecular complexity index is 1120. The number of benzene rings is 2. The number of halogens is 1. The van der Waals surface area contributed by atoms with Gasteiger partial charge in [0, 0.05) is 21.5 Å². The van der Waals surface area contributed by atoms with Crippen LogP contribution < -0.4 is 4.74 Å². The molecule has 5 heteroatoms. The number of pyridine rings is 1. The van der Waals surface area contributed by atoms with Crippen LogP contribution in [-0.2, 0) is 6.61 Å². The van der Waals surface area contributed by atoms with Crippen molar-refractivity contribution in [3.63, 3.8) is 0 Å². The molecule has 5 rings (SSSR count). The second-order valence-corrected chi connectivity index (χ2v) is 6.57. The van der Waals surface area contributed by atoms with Gasteiger partial charge in [0.15, 0.2) is 5.65 Å². The average Bonchev–Trinajstić information content (AvgIpc) is 2.97. The maximum Gasteiger partial charge on any atom is 0.163 e. The normalized spacial score (nSPS) is 12.6. The molecule has 2 aromatic heterocycles. The van der Waals surface area contributed by atoms with E-state index in [-0.39, 0.29) is 0 Å². The van der Waals surface area contributed by atoms with Gasteiger partial charge >= 0.3 is 0 Å². The summed E-state index contributed by atoms with van der Waals surface area (Å²) in [7, 11) is 0. The smallest absolute Gasteiger partial charge is 0.163 e. The minimum Gasteiger partial charge on any atom is -0.488 e. The largest absolute Gasteiger partial charge is 0.488 e. The van der Waals surface area contributed by atoms with Crippen molar-refractivity contribution in [3.8, 4) is 22.7 Å². The van der Waals surface area contributed by atoms with Crippen LogP contribution in [0.1, 0.15) is 11.3 Å². The zero-order valence-electron chi connectivity index (χ0n) is 13.5. The van der Waals surface area contributed by atoms with Crippen LogP contribution in [0.5, 0.6) is 5.75 Å². The lowest BCUT2D eigenvalue weighted by molar-refractivity contribution is 0.302. The van der Waals surface area contributed by atoms with Crippen LogP contribution in [-0.4, -0.2) is 14.8 Å². The summed E-state index contributed by atoms with van der Waals surface area (Å²) < 4.78 is 7.75. The quantitative estimate of drug-likeness (QED) is 0.489. The van der Waals surface area contributed by atoms with Crippen LogP contribution in [0.4, 0.5) is 0 Å². The summed E-state index contributed by atoms with van der Waals surface area (Å²) >= 11 is 6.19. The number of hydrogen-bond donors (Lipinski definition) is 0. The number of nitrogens with zero attached hydrogens (tertiary/aromatic N) is 3. The summed E-state index contributed by atoms with van der Waals surface area (Å²) in [5.41, 5.74) is 5.67. The van der Waals surface area contributed by atoms with E-state index in [1.165, 1.54) is 0 Å². The predicted molar refractivity (Wildman–Crippen MR) is 98.4 cm³/mol. The van der Waals surface area contributed by atoms with E-state index in [1.807, 2.05) is 60.1 Å². The van der Waals surface area contributed by atoms with Gasteiger partial charge in [0.2, 0.25) is 0 Å². The number of aromatic nitrogens is 3. The molecule has 4 aromatic rings. The van der Waals surface area contributed by atoms with Crippen molar-refractivity contribution in [2.24, 2.45) is 0 Å². The summed E-state index contributed by atoms with van der Waals surface area (Å²) in [5.74, 6) is 0.811. The standard InChI is InChI=1S/C20H14ClN3O/c1-12-16-9-13-11-25-18-8-7-14(21)10-17(18)19(13)22-20(16)24(23-12)15-5-3-2-4-6-15/h2-10H,11H2,1H3. The van der Waals surface area contributed by atoms with Crippen molar-refractivity contribution in [3.05, 3.63) is 70.9 Å². The molecule has 122 valence electrons. The van der Waals surface area contributed by atoms with Gasteiger partial charge < -0.3 is 4.74 Å². The van der Waals surface area contributed by atoms with E-state index in [0.29, 0.717) is 11.6 Å². The fraction of sp³-hybridized carbons (Fsp3) is 0.100. The topological polar surface area (TPSA) is 39.9 Å². The highest BCUT2D eigenvalue weighted by Gasteiger charge is 2.22. The van der Waals surface area contributed by atoms with Gasteiger partial charge in [0.1, 0.15) is 12.4 Å². The van der Waals surface area contributed by atoms with Gasteiger partial charge in [0.05, 0.1) is 17.1 Å². The molecule has 1 aliphatic rings. The summed E-state index contributed by atoms with van der Waals surface area (Å²) in [5, 5.41) is 6.40. The molecule has 0 saturated carbocycles. The molecule has 25 heavy (non-hydrogen) atoms. The van der Waals surface area contributed by atoms with E-state index < -0.39 is 0 Å². The predicted octanol–water partition coefficient (Wildman–Crippen LogP) is 4.94. The van der Waals surface area contributed by atoms with Gasteiger partial charge in [-0.15, -0.1) is 0 Å². The molecule has 0 bridgehead atoms. The first kappa shape index (κ1) is 14.5. The Hall–Kier alpha value is -2.85. The van der Waals surface area contributed by atoms with E-state index in [2.05, 4.69) is 6.07 Å². The SMILES string of the molecule is Cc1nn(-c2ccccc2)c2nc3c(cc12)COc1ccc(Cl)cc1-3. The van der Waals surface area contributed by atoms with Crippen molar-refractivity contribution in [1.29, 1.82) is 0 Å². The molecule has 0 radical (unpaired) electrons. The molecule has 4 nitrogen and oxygen atoms in total. The molecular weight excluding hydrogens is 334 g/mol. The van der Waals surface area contributed by atoms with E-state index in [9.17, 15) is 0 Å². The number of fused-ring (bicyclic) bond motifs is 4. The Labute approximate surface area is 149 Å². The molecule has 0 unspecified atom stereocenters. The molecule has 0 fully saturated rings. The number of aryl methyl sites for hydroxylation is 1. The Balaban J connectivity index is 1.81. The Morgan fingerprint density at radius 1 is 1.08 bits per heavy atom. The van der Waals surface area contributed by atoms with Gasteiger partial charge in [-0.2, -0.15) is 5.10 Å². The minimum absolute atomic E-state index is 0.503. The van der Waals surface area contributed by atoms with Crippen molar-refractivity contribution in [2.75, 3.05) is 0 Å². The van der Waals surface area contributed by atoms with Gasteiger partial charge in [0.25, 0.3) is 0 Å². The molecule has 0 N–H and O–H groups in total. The van der Waals surface area contributed by atoms with Crippen molar-refractivity contribution in [2.45, 2.75) is 13.5 Å². The zero-order chi connectivity index (χ0) is 17.0. The first-order chi connectivity index (χ1) is 12.2. The van der Waals surface area contributed by atoms with Crippen LogP contribution in [0.25, 0.3) is 28.0 Å². The minimum atomic E-state index is 0.503. The highest BCUT2D eigenvalue weighted by atomic mass is 35.5. The molecule has 1 aliphatic heterocycles. The van der Waals surface area contributed by atoms with Crippen LogP contribution in [0, 0.1) is 6.92 Å². The van der Waals surface area contributed by atoms with Crippen LogP contribution >= 0.6 is 11.6 Å². The molecular formula is C20H14ClN3O. The van der Waals surface area contributed by atoms with E-state index in [0.717, 1.165) is 45.0 Å². The van der Waals surface area contributed by atoms with Gasteiger partial charge in [-0.25, -0.2) is 9.67 Å².